The van der Waals surface area contributed by atoms with E-state index in [0.717, 1.165) is 35.2 Å². The number of hydrogen-bond donors (Lipinski definition) is 2. The number of aromatic nitrogens is 2. The van der Waals surface area contributed by atoms with Gasteiger partial charge in [0, 0.05) is 12.1 Å². The summed E-state index contributed by atoms with van der Waals surface area (Å²) in [6.45, 7) is 4.70. The van der Waals surface area contributed by atoms with Crippen LogP contribution in [0, 0.1) is 13.8 Å². The summed E-state index contributed by atoms with van der Waals surface area (Å²) < 4.78 is 1.68. The zero-order valence-corrected chi connectivity index (χ0v) is 17.3. The molecule has 6 heteroatoms. The van der Waals surface area contributed by atoms with E-state index in [4.69, 9.17) is 5.10 Å². The SMILES string of the molecule is Cc1ccc(-n2nc(-c3ccccc3)cc2C(=O)NC2CCCCNC2=O)c(C)c1. The van der Waals surface area contributed by atoms with Crippen LogP contribution in [0.25, 0.3) is 16.9 Å². The zero-order valence-electron chi connectivity index (χ0n) is 17.3. The summed E-state index contributed by atoms with van der Waals surface area (Å²) in [6, 6.07) is 17.1. The van der Waals surface area contributed by atoms with Crippen LogP contribution >= 0.6 is 0 Å². The number of rotatable bonds is 4. The van der Waals surface area contributed by atoms with Crippen molar-refractivity contribution >= 4 is 11.8 Å². The minimum Gasteiger partial charge on any atom is -0.354 e. The molecule has 1 saturated heterocycles. The van der Waals surface area contributed by atoms with Gasteiger partial charge < -0.3 is 10.6 Å². The Morgan fingerprint density at radius 3 is 2.67 bits per heavy atom. The maximum absolute atomic E-state index is 13.2. The van der Waals surface area contributed by atoms with Crippen molar-refractivity contribution in [2.24, 2.45) is 0 Å². The molecule has 0 aliphatic carbocycles. The lowest BCUT2D eigenvalue weighted by Crippen LogP contribution is -2.45. The van der Waals surface area contributed by atoms with Gasteiger partial charge in [0.1, 0.15) is 11.7 Å². The Bertz CT molecular complexity index is 1070. The highest BCUT2D eigenvalue weighted by Crippen LogP contribution is 2.24. The number of nitrogens with zero attached hydrogens (tertiary/aromatic N) is 2. The highest BCUT2D eigenvalue weighted by atomic mass is 16.2. The van der Waals surface area contributed by atoms with Gasteiger partial charge in [0.15, 0.2) is 0 Å². The van der Waals surface area contributed by atoms with Gasteiger partial charge in [-0.15, -0.1) is 0 Å². The van der Waals surface area contributed by atoms with Gasteiger partial charge in [0.05, 0.1) is 11.4 Å². The number of aryl methyl sites for hydroxylation is 2. The van der Waals surface area contributed by atoms with Gasteiger partial charge in [-0.05, 0) is 50.8 Å². The van der Waals surface area contributed by atoms with E-state index in [1.807, 2.05) is 56.3 Å². The van der Waals surface area contributed by atoms with Crippen molar-refractivity contribution in [3.05, 3.63) is 71.4 Å². The normalized spacial score (nSPS) is 16.6. The standard InChI is InChI=1S/C24H26N4O2/c1-16-11-12-21(17(2)14-16)28-22(15-20(27-28)18-8-4-3-5-9-18)24(30)26-19-10-6-7-13-25-23(19)29/h3-5,8-9,11-12,14-15,19H,6-7,10,13H2,1-2H3,(H,25,29)(H,26,30). The number of hydrogen-bond acceptors (Lipinski definition) is 3. The number of carbonyl (C=O) groups is 2. The first-order valence-corrected chi connectivity index (χ1v) is 10.3. The average Bonchev–Trinajstić information content (AvgIpc) is 3.08. The van der Waals surface area contributed by atoms with E-state index >= 15 is 0 Å². The van der Waals surface area contributed by atoms with Gasteiger partial charge in [-0.3, -0.25) is 9.59 Å². The van der Waals surface area contributed by atoms with Crippen LogP contribution in [0.15, 0.2) is 54.6 Å². The fraction of sp³-hybridized carbons (Fsp3) is 0.292. The largest absolute Gasteiger partial charge is 0.354 e. The highest BCUT2D eigenvalue weighted by Gasteiger charge is 2.26. The smallest absolute Gasteiger partial charge is 0.270 e. The van der Waals surface area contributed by atoms with Crippen LogP contribution in [0.5, 0.6) is 0 Å². The van der Waals surface area contributed by atoms with Crippen LogP contribution in [0.1, 0.15) is 40.9 Å². The zero-order chi connectivity index (χ0) is 21.1. The molecule has 1 aliphatic heterocycles. The molecule has 3 aromatic rings. The fourth-order valence-electron chi connectivity index (χ4n) is 3.83. The second-order valence-electron chi connectivity index (χ2n) is 7.80. The maximum Gasteiger partial charge on any atom is 0.270 e. The second-order valence-corrected chi connectivity index (χ2v) is 7.80. The number of nitrogens with one attached hydrogen (secondary N) is 2. The number of amides is 2. The fourth-order valence-corrected chi connectivity index (χ4v) is 3.83. The predicted molar refractivity (Wildman–Crippen MR) is 117 cm³/mol. The Kier molecular flexibility index (Phi) is 5.65. The van der Waals surface area contributed by atoms with E-state index in [2.05, 4.69) is 16.7 Å². The molecule has 4 rings (SSSR count). The summed E-state index contributed by atoms with van der Waals surface area (Å²) in [5.41, 5.74) is 5.08. The van der Waals surface area contributed by atoms with Crippen LogP contribution < -0.4 is 10.6 Å². The number of benzene rings is 2. The Labute approximate surface area is 176 Å². The molecule has 0 radical (unpaired) electrons. The van der Waals surface area contributed by atoms with Crippen LogP contribution in [0.3, 0.4) is 0 Å². The molecule has 1 aliphatic rings. The summed E-state index contributed by atoms with van der Waals surface area (Å²) in [6.07, 6.45) is 2.47. The molecule has 0 spiro atoms. The van der Waals surface area contributed by atoms with Gasteiger partial charge in [-0.25, -0.2) is 4.68 Å². The third-order valence-corrected chi connectivity index (χ3v) is 5.43. The third-order valence-electron chi connectivity index (χ3n) is 5.43. The monoisotopic (exact) mass is 402 g/mol. The van der Waals surface area contributed by atoms with Crippen LogP contribution in [-0.2, 0) is 4.79 Å². The van der Waals surface area contributed by atoms with E-state index in [0.29, 0.717) is 24.4 Å². The lowest BCUT2D eigenvalue weighted by Gasteiger charge is -2.16. The Morgan fingerprint density at radius 1 is 1.10 bits per heavy atom. The van der Waals surface area contributed by atoms with E-state index < -0.39 is 6.04 Å². The topological polar surface area (TPSA) is 76.0 Å². The molecule has 154 valence electrons. The van der Waals surface area contributed by atoms with Crippen LogP contribution in [-0.4, -0.2) is 34.2 Å². The first kappa shape index (κ1) is 19.9. The minimum atomic E-state index is -0.525. The van der Waals surface area contributed by atoms with Gasteiger partial charge >= 0.3 is 0 Å². The second kappa shape index (κ2) is 8.53. The summed E-state index contributed by atoms with van der Waals surface area (Å²) >= 11 is 0. The Balaban J connectivity index is 1.74. The predicted octanol–water partition coefficient (Wildman–Crippen LogP) is 3.55. The van der Waals surface area contributed by atoms with Crippen molar-refractivity contribution in [1.82, 2.24) is 20.4 Å². The van der Waals surface area contributed by atoms with E-state index in [1.54, 1.807) is 10.7 Å². The summed E-state index contributed by atoms with van der Waals surface area (Å²) in [5.74, 6) is -0.423. The van der Waals surface area contributed by atoms with Gasteiger partial charge in [-0.2, -0.15) is 5.10 Å². The van der Waals surface area contributed by atoms with Crippen LogP contribution in [0.4, 0.5) is 0 Å². The van der Waals surface area contributed by atoms with Crippen molar-refractivity contribution in [2.75, 3.05) is 6.54 Å². The molecular formula is C24H26N4O2. The summed E-state index contributed by atoms with van der Waals surface area (Å²) in [4.78, 5) is 25.5. The Hall–Kier alpha value is -3.41. The van der Waals surface area contributed by atoms with Crippen molar-refractivity contribution in [2.45, 2.75) is 39.2 Å². The van der Waals surface area contributed by atoms with Gasteiger partial charge in [0.25, 0.3) is 5.91 Å². The molecule has 1 atom stereocenters. The lowest BCUT2D eigenvalue weighted by molar-refractivity contribution is -0.122. The molecule has 0 bridgehead atoms. The minimum absolute atomic E-state index is 0.123. The van der Waals surface area contributed by atoms with Crippen LogP contribution in [0.2, 0.25) is 0 Å². The number of carbonyl (C=O) groups excluding carboxylic acids is 2. The Morgan fingerprint density at radius 2 is 1.90 bits per heavy atom. The maximum atomic E-state index is 13.2. The first-order chi connectivity index (χ1) is 14.5. The molecule has 2 heterocycles. The summed E-state index contributed by atoms with van der Waals surface area (Å²) in [5, 5.41) is 10.5. The average molecular weight is 402 g/mol. The lowest BCUT2D eigenvalue weighted by atomic mass is 10.1. The van der Waals surface area contributed by atoms with Crippen molar-refractivity contribution in [1.29, 1.82) is 0 Å². The molecule has 2 aromatic carbocycles. The molecule has 2 N–H and O–H groups in total. The quantitative estimate of drug-likeness (QED) is 0.701. The summed E-state index contributed by atoms with van der Waals surface area (Å²) in [7, 11) is 0. The third kappa shape index (κ3) is 4.13. The molecular weight excluding hydrogens is 376 g/mol. The van der Waals surface area contributed by atoms with Crippen molar-refractivity contribution < 1.29 is 9.59 Å². The molecule has 30 heavy (non-hydrogen) atoms. The van der Waals surface area contributed by atoms with E-state index in [9.17, 15) is 9.59 Å². The van der Waals surface area contributed by atoms with Crippen molar-refractivity contribution in [3.63, 3.8) is 0 Å². The molecule has 1 aromatic heterocycles. The molecule has 2 amide bonds. The molecule has 1 fully saturated rings. The van der Waals surface area contributed by atoms with Gasteiger partial charge in [0.2, 0.25) is 5.91 Å². The first-order valence-electron chi connectivity index (χ1n) is 10.3. The molecule has 1 unspecified atom stereocenters. The van der Waals surface area contributed by atoms with E-state index in [1.165, 1.54) is 0 Å². The van der Waals surface area contributed by atoms with Crippen molar-refractivity contribution in [3.8, 4) is 16.9 Å². The van der Waals surface area contributed by atoms with Gasteiger partial charge in [-0.1, -0.05) is 48.0 Å². The molecule has 0 saturated carbocycles. The molecule has 6 nitrogen and oxygen atoms in total. The van der Waals surface area contributed by atoms with E-state index in [-0.39, 0.29) is 11.8 Å². The highest BCUT2D eigenvalue weighted by molar-refractivity contribution is 5.97.